The molecule has 0 spiro atoms. The van der Waals surface area contributed by atoms with Crippen molar-refractivity contribution in [1.29, 1.82) is 0 Å². The smallest absolute Gasteiger partial charge is 0.0918 e. The summed E-state index contributed by atoms with van der Waals surface area (Å²) >= 11 is 6.07. The van der Waals surface area contributed by atoms with Crippen molar-refractivity contribution in [2.24, 2.45) is 5.92 Å². The third-order valence-corrected chi connectivity index (χ3v) is 6.36. The van der Waals surface area contributed by atoms with Crippen LogP contribution >= 0.6 is 11.6 Å². The summed E-state index contributed by atoms with van der Waals surface area (Å²) in [5, 5.41) is 8.88. The molecular formula is C23H31ClN4. The molecule has 1 unspecified atom stereocenters. The van der Waals surface area contributed by atoms with Crippen molar-refractivity contribution in [2.75, 3.05) is 13.1 Å². The molecule has 5 heteroatoms. The Morgan fingerprint density at radius 2 is 2.04 bits per heavy atom. The van der Waals surface area contributed by atoms with Crippen molar-refractivity contribution in [2.45, 2.75) is 51.1 Å². The zero-order chi connectivity index (χ0) is 19.5. The Morgan fingerprint density at radius 3 is 2.82 bits per heavy atom. The summed E-state index contributed by atoms with van der Waals surface area (Å²) in [5.74, 6) is 1.76. The number of nitrogens with zero attached hydrogens (tertiary/aromatic N) is 1. The molecule has 0 amide bonds. The molecule has 4 rings (SSSR count). The molecule has 0 bridgehead atoms. The molecular weight excluding hydrogens is 368 g/mol. The molecule has 1 saturated heterocycles. The molecule has 1 aromatic carbocycles. The SMILES string of the molecule is C=C(NCc1cc2cc(Cl)ccc2[nH]1)NC1CCCN(C(=C)CC2CCC2)C1. The molecule has 1 aromatic heterocycles. The minimum atomic E-state index is 0.424. The number of nitrogens with one attached hydrogen (secondary N) is 3. The summed E-state index contributed by atoms with van der Waals surface area (Å²) < 4.78 is 0. The topological polar surface area (TPSA) is 43.1 Å². The lowest BCUT2D eigenvalue weighted by Crippen LogP contribution is -2.46. The molecule has 28 heavy (non-hydrogen) atoms. The summed E-state index contributed by atoms with van der Waals surface area (Å²) in [7, 11) is 0. The summed E-state index contributed by atoms with van der Waals surface area (Å²) in [6.45, 7) is 11.4. The summed E-state index contributed by atoms with van der Waals surface area (Å²) in [6.07, 6.45) is 7.73. The number of H-pyrrole nitrogens is 1. The molecule has 4 nitrogen and oxygen atoms in total. The predicted molar refractivity (Wildman–Crippen MR) is 118 cm³/mol. The second kappa shape index (κ2) is 8.52. The lowest BCUT2D eigenvalue weighted by Gasteiger charge is -2.38. The Hall–Kier alpha value is -2.07. The maximum atomic E-state index is 6.07. The zero-order valence-electron chi connectivity index (χ0n) is 16.6. The maximum absolute atomic E-state index is 6.07. The van der Waals surface area contributed by atoms with E-state index in [9.17, 15) is 0 Å². The minimum absolute atomic E-state index is 0.424. The Bertz CT molecular complexity index is 851. The highest BCUT2D eigenvalue weighted by molar-refractivity contribution is 6.31. The molecule has 2 aliphatic rings. The largest absolute Gasteiger partial charge is 0.373 e. The van der Waals surface area contributed by atoms with Crippen LogP contribution in [0, 0.1) is 5.92 Å². The molecule has 2 fully saturated rings. The van der Waals surface area contributed by atoms with Crippen molar-refractivity contribution in [1.82, 2.24) is 20.5 Å². The van der Waals surface area contributed by atoms with Crippen LogP contribution in [0.25, 0.3) is 10.9 Å². The monoisotopic (exact) mass is 398 g/mol. The lowest BCUT2D eigenvalue weighted by molar-refractivity contribution is 0.212. The van der Waals surface area contributed by atoms with E-state index in [4.69, 9.17) is 11.6 Å². The van der Waals surface area contributed by atoms with Gasteiger partial charge in [0.2, 0.25) is 0 Å². The van der Waals surface area contributed by atoms with E-state index in [2.05, 4.69) is 39.7 Å². The first-order valence-electron chi connectivity index (χ1n) is 10.5. The number of aromatic amines is 1. The number of rotatable bonds is 8. The van der Waals surface area contributed by atoms with Crippen LogP contribution in [0.4, 0.5) is 0 Å². The second-order valence-corrected chi connectivity index (χ2v) is 8.79. The van der Waals surface area contributed by atoms with Gasteiger partial charge < -0.3 is 20.5 Å². The van der Waals surface area contributed by atoms with Crippen LogP contribution in [-0.2, 0) is 6.54 Å². The van der Waals surface area contributed by atoms with E-state index >= 15 is 0 Å². The highest BCUT2D eigenvalue weighted by atomic mass is 35.5. The van der Waals surface area contributed by atoms with Gasteiger partial charge in [-0.1, -0.05) is 44.0 Å². The van der Waals surface area contributed by atoms with Gasteiger partial charge in [0.25, 0.3) is 0 Å². The van der Waals surface area contributed by atoms with Gasteiger partial charge in [-0.15, -0.1) is 0 Å². The van der Waals surface area contributed by atoms with Gasteiger partial charge in [-0.05, 0) is 49.4 Å². The molecule has 1 aliphatic carbocycles. The normalized spacial score (nSPS) is 20.0. The number of likely N-dealkylation sites (tertiary alicyclic amines) is 1. The summed E-state index contributed by atoms with van der Waals surface area (Å²) in [4.78, 5) is 5.90. The van der Waals surface area contributed by atoms with E-state index in [-0.39, 0.29) is 0 Å². The lowest BCUT2D eigenvalue weighted by atomic mass is 9.82. The Balaban J connectivity index is 1.25. The van der Waals surface area contributed by atoms with Crippen LogP contribution in [0.5, 0.6) is 0 Å². The van der Waals surface area contributed by atoms with Crippen molar-refractivity contribution >= 4 is 22.5 Å². The van der Waals surface area contributed by atoms with Crippen LogP contribution in [0.1, 0.15) is 44.2 Å². The molecule has 150 valence electrons. The average Bonchev–Trinajstić information content (AvgIpc) is 3.05. The Labute approximate surface area is 173 Å². The fourth-order valence-electron chi connectivity index (χ4n) is 4.30. The van der Waals surface area contributed by atoms with Gasteiger partial charge in [-0.25, -0.2) is 0 Å². The quantitative estimate of drug-likeness (QED) is 0.576. The third-order valence-electron chi connectivity index (χ3n) is 6.13. The van der Waals surface area contributed by atoms with E-state index in [0.29, 0.717) is 12.6 Å². The van der Waals surface area contributed by atoms with Crippen LogP contribution in [-0.4, -0.2) is 29.0 Å². The van der Waals surface area contributed by atoms with E-state index in [1.165, 1.54) is 44.2 Å². The van der Waals surface area contributed by atoms with E-state index in [1.54, 1.807) is 0 Å². The van der Waals surface area contributed by atoms with Gasteiger partial charge in [0.05, 0.1) is 12.4 Å². The van der Waals surface area contributed by atoms with E-state index in [0.717, 1.165) is 46.4 Å². The van der Waals surface area contributed by atoms with Crippen LogP contribution in [0.2, 0.25) is 5.02 Å². The molecule has 3 N–H and O–H groups in total. The van der Waals surface area contributed by atoms with Gasteiger partial charge >= 0.3 is 0 Å². The highest BCUT2D eigenvalue weighted by Gasteiger charge is 2.24. The molecule has 1 atom stereocenters. The Kier molecular flexibility index (Phi) is 5.86. The number of hydrogen-bond donors (Lipinski definition) is 3. The summed E-state index contributed by atoms with van der Waals surface area (Å²) in [6, 6.07) is 8.46. The number of allylic oxidation sites excluding steroid dienone is 1. The van der Waals surface area contributed by atoms with Gasteiger partial charge in [0, 0.05) is 46.4 Å². The van der Waals surface area contributed by atoms with E-state index < -0.39 is 0 Å². The van der Waals surface area contributed by atoms with Crippen molar-refractivity contribution < 1.29 is 0 Å². The van der Waals surface area contributed by atoms with Crippen LogP contribution < -0.4 is 10.6 Å². The first kappa shape index (κ1) is 19.3. The van der Waals surface area contributed by atoms with Crippen molar-refractivity contribution in [3.05, 3.63) is 59.7 Å². The maximum Gasteiger partial charge on any atom is 0.0918 e. The third kappa shape index (κ3) is 4.67. The van der Waals surface area contributed by atoms with Gasteiger partial charge in [-0.2, -0.15) is 0 Å². The number of hydrogen-bond acceptors (Lipinski definition) is 3. The number of fused-ring (bicyclic) bond motifs is 1. The van der Waals surface area contributed by atoms with Gasteiger partial charge in [0.1, 0.15) is 0 Å². The Morgan fingerprint density at radius 1 is 1.18 bits per heavy atom. The zero-order valence-corrected chi connectivity index (χ0v) is 17.3. The van der Waals surface area contributed by atoms with Gasteiger partial charge in [-0.3, -0.25) is 0 Å². The highest BCUT2D eigenvalue weighted by Crippen LogP contribution is 2.33. The molecule has 2 heterocycles. The van der Waals surface area contributed by atoms with Crippen LogP contribution in [0.15, 0.2) is 48.9 Å². The van der Waals surface area contributed by atoms with Gasteiger partial charge in [0.15, 0.2) is 0 Å². The number of benzene rings is 1. The number of piperidine rings is 1. The van der Waals surface area contributed by atoms with Crippen LogP contribution in [0.3, 0.4) is 0 Å². The molecule has 0 radical (unpaired) electrons. The second-order valence-electron chi connectivity index (χ2n) is 8.36. The molecule has 2 aromatic rings. The molecule has 1 saturated carbocycles. The van der Waals surface area contributed by atoms with Crippen molar-refractivity contribution in [3.8, 4) is 0 Å². The standard InChI is InChI=1S/C23H31ClN4/c1-16(11-18-5-3-6-18)28-10-4-7-21(15-28)26-17(2)25-14-22-13-19-12-20(24)8-9-23(19)27-22/h8-9,12-13,18,21,25-27H,1-7,10-11,14-15H2. The molecule has 1 aliphatic heterocycles. The average molecular weight is 399 g/mol. The minimum Gasteiger partial charge on any atom is -0.373 e. The van der Waals surface area contributed by atoms with Crippen molar-refractivity contribution in [3.63, 3.8) is 0 Å². The number of aromatic nitrogens is 1. The first-order valence-corrected chi connectivity index (χ1v) is 10.8. The first-order chi connectivity index (χ1) is 13.6. The predicted octanol–water partition coefficient (Wildman–Crippen LogP) is 5.14. The number of halogens is 1. The fraction of sp³-hybridized carbons (Fsp3) is 0.478. The van der Waals surface area contributed by atoms with E-state index in [1.807, 2.05) is 18.2 Å². The fourth-order valence-corrected chi connectivity index (χ4v) is 4.48. The summed E-state index contributed by atoms with van der Waals surface area (Å²) in [5.41, 5.74) is 3.55.